The number of carboxylic acids is 1. The van der Waals surface area contributed by atoms with Crippen LogP contribution in [0.3, 0.4) is 0 Å². The van der Waals surface area contributed by atoms with Gasteiger partial charge < -0.3 is 15.3 Å². The topological polar surface area (TPSA) is 77.8 Å². The van der Waals surface area contributed by atoms with Crippen molar-refractivity contribution in [2.75, 3.05) is 0 Å². The van der Waals surface area contributed by atoms with E-state index in [4.69, 9.17) is 5.11 Å². The van der Waals surface area contributed by atoms with Crippen LogP contribution in [0.2, 0.25) is 0 Å². The summed E-state index contributed by atoms with van der Waals surface area (Å²) in [5.41, 5.74) is -0.0112. The summed E-state index contributed by atoms with van der Waals surface area (Å²) < 4.78 is 0.640. The van der Waals surface area contributed by atoms with E-state index in [1.165, 1.54) is 6.07 Å². The molecule has 0 amide bonds. The van der Waals surface area contributed by atoms with Crippen LogP contribution >= 0.6 is 15.9 Å². The summed E-state index contributed by atoms with van der Waals surface area (Å²) in [6, 6.07) is 2.99. The number of benzene rings is 1. The first-order valence-corrected chi connectivity index (χ1v) is 5.68. The summed E-state index contributed by atoms with van der Waals surface area (Å²) in [5, 5.41) is 28.1. The van der Waals surface area contributed by atoms with Gasteiger partial charge in [-0.3, -0.25) is 4.79 Å². The molecule has 1 fully saturated rings. The highest BCUT2D eigenvalue weighted by atomic mass is 79.9. The molecule has 0 saturated heterocycles. The largest absolute Gasteiger partial charge is 0.504 e. The van der Waals surface area contributed by atoms with Crippen molar-refractivity contribution >= 4 is 21.9 Å². The zero-order valence-corrected chi connectivity index (χ0v) is 9.99. The smallest absolute Gasteiger partial charge is 0.304 e. The molecular weight excluding hydrogens is 276 g/mol. The van der Waals surface area contributed by atoms with Gasteiger partial charge in [0.15, 0.2) is 11.5 Å². The summed E-state index contributed by atoms with van der Waals surface area (Å²) in [6.45, 7) is 0. The SMILES string of the molecule is O=C(O)CC1(c2c(Br)ccc(O)c2O)CC1. The average molecular weight is 287 g/mol. The molecule has 3 N–H and O–H groups in total. The van der Waals surface area contributed by atoms with Crippen molar-refractivity contribution in [1.82, 2.24) is 0 Å². The minimum absolute atomic E-state index is 0.0252. The van der Waals surface area contributed by atoms with Gasteiger partial charge >= 0.3 is 5.97 Å². The van der Waals surface area contributed by atoms with Gasteiger partial charge in [-0.2, -0.15) is 0 Å². The Morgan fingerprint density at radius 2 is 2.00 bits per heavy atom. The predicted octanol–water partition coefficient (Wildman–Crippen LogP) is 2.37. The second-order valence-corrected chi connectivity index (χ2v) is 5.00. The van der Waals surface area contributed by atoms with Crippen molar-refractivity contribution in [1.29, 1.82) is 0 Å². The number of phenols is 2. The molecule has 0 spiro atoms. The van der Waals surface area contributed by atoms with E-state index in [1.807, 2.05) is 0 Å². The normalized spacial score (nSPS) is 17.1. The van der Waals surface area contributed by atoms with Crippen LogP contribution in [0.5, 0.6) is 11.5 Å². The fourth-order valence-electron chi connectivity index (χ4n) is 2.02. The molecule has 0 aromatic heterocycles. The lowest BCUT2D eigenvalue weighted by Crippen LogP contribution is -2.13. The Hall–Kier alpha value is -1.23. The van der Waals surface area contributed by atoms with E-state index in [1.54, 1.807) is 6.07 Å². The van der Waals surface area contributed by atoms with Crippen molar-refractivity contribution in [3.05, 3.63) is 22.2 Å². The van der Waals surface area contributed by atoms with Crippen LogP contribution < -0.4 is 0 Å². The molecule has 1 aliphatic rings. The maximum atomic E-state index is 10.8. The minimum atomic E-state index is -0.896. The Morgan fingerprint density at radius 3 is 2.50 bits per heavy atom. The molecule has 86 valence electrons. The molecule has 1 aliphatic carbocycles. The third-order valence-electron chi connectivity index (χ3n) is 2.98. The van der Waals surface area contributed by atoms with E-state index in [-0.39, 0.29) is 17.9 Å². The van der Waals surface area contributed by atoms with Crippen LogP contribution in [-0.4, -0.2) is 21.3 Å². The van der Waals surface area contributed by atoms with E-state index < -0.39 is 11.4 Å². The van der Waals surface area contributed by atoms with Crippen LogP contribution in [0.15, 0.2) is 16.6 Å². The Labute approximate surface area is 101 Å². The van der Waals surface area contributed by atoms with E-state index in [2.05, 4.69) is 15.9 Å². The second-order valence-electron chi connectivity index (χ2n) is 4.14. The molecule has 5 heteroatoms. The van der Waals surface area contributed by atoms with Gasteiger partial charge in [-0.1, -0.05) is 15.9 Å². The molecule has 4 nitrogen and oxygen atoms in total. The molecule has 1 aromatic rings. The van der Waals surface area contributed by atoms with E-state index in [9.17, 15) is 15.0 Å². The Kier molecular flexibility index (Phi) is 2.58. The fraction of sp³-hybridized carbons (Fsp3) is 0.364. The molecular formula is C11H11BrO4. The van der Waals surface area contributed by atoms with Gasteiger partial charge in [-0.05, 0) is 25.0 Å². The maximum Gasteiger partial charge on any atom is 0.304 e. The highest BCUT2D eigenvalue weighted by Crippen LogP contribution is 2.57. The standard InChI is InChI=1S/C11H11BrO4/c12-6-1-2-7(13)10(16)9(6)11(3-4-11)5-8(14)15/h1-2,13,16H,3-5H2,(H,14,15). The van der Waals surface area contributed by atoms with Crippen molar-refractivity contribution < 1.29 is 20.1 Å². The van der Waals surface area contributed by atoms with Gasteiger partial charge in [-0.25, -0.2) is 0 Å². The van der Waals surface area contributed by atoms with Gasteiger partial charge in [0.2, 0.25) is 0 Å². The molecule has 0 radical (unpaired) electrons. The summed E-state index contributed by atoms with van der Waals surface area (Å²) in [5.74, 6) is -1.32. The monoisotopic (exact) mass is 286 g/mol. The third kappa shape index (κ3) is 1.75. The number of carbonyl (C=O) groups is 1. The zero-order chi connectivity index (χ0) is 11.9. The van der Waals surface area contributed by atoms with Crippen molar-refractivity contribution in [2.45, 2.75) is 24.7 Å². The molecule has 1 aromatic carbocycles. The number of hydrogen-bond donors (Lipinski definition) is 3. The lowest BCUT2D eigenvalue weighted by atomic mass is 9.91. The number of aliphatic carboxylic acids is 1. The lowest BCUT2D eigenvalue weighted by Gasteiger charge is -2.17. The first-order chi connectivity index (χ1) is 7.46. The highest BCUT2D eigenvalue weighted by molar-refractivity contribution is 9.10. The summed E-state index contributed by atoms with van der Waals surface area (Å²) in [4.78, 5) is 10.8. The number of halogens is 1. The number of rotatable bonds is 3. The van der Waals surface area contributed by atoms with Crippen LogP contribution in [0.25, 0.3) is 0 Å². The third-order valence-corrected chi connectivity index (χ3v) is 3.64. The van der Waals surface area contributed by atoms with Crippen molar-refractivity contribution in [2.24, 2.45) is 0 Å². The maximum absolute atomic E-state index is 10.8. The quantitative estimate of drug-likeness (QED) is 0.746. The number of aromatic hydroxyl groups is 2. The van der Waals surface area contributed by atoms with E-state index in [0.717, 1.165) is 12.8 Å². The summed E-state index contributed by atoms with van der Waals surface area (Å²) in [6.07, 6.45) is 1.41. The van der Waals surface area contributed by atoms with Gasteiger partial charge in [-0.15, -0.1) is 0 Å². The van der Waals surface area contributed by atoms with E-state index >= 15 is 0 Å². The average Bonchev–Trinajstić information content (AvgIpc) is 2.92. The summed E-state index contributed by atoms with van der Waals surface area (Å²) in [7, 11) is 0. The highest BCUT2D eigenvalue weighted by Gasteiger charge is 2.49. The molecule has 2 rings (SSSR count). The molecule has 0 unspecified atom stereocenters. The van der Waals surface area contributed by atoms with Gasteiger partial charge in [0, 0.05) is 15.5 Å². The zero-order valence-electron chi connectivity index (χ0n) is 8.40. The van der Waals surface area contributed by atoms with Crippen LogP contribution in [0, 0.1) is 0 Å². The van der Waals surface area contributed by atoms with Gasteiger partial charge in [0.1, 0.15) is 0 Å². The molecule has 16 heavy (non-hydrogen) atoms. The Bertz CT molecular complexity index is 452. The first-order valence-electron chi connectivity index (χ1n) is 4.89. The molecule has 0 aliphatic heterocycles. The molecule has 0 bridgehead atoms. The lowest BCUT2D eigenvalue weighted by molar-refractivity contribution is -0.137. The van der Waals surface area contributed by atoms with Crippen LogP contribution in [-0.2, 0) is 10.2 Å². The van der Waals surface area contributed by atoms with Crippen LogP contribution in [0.1, 0.15) is 24.8 Å². The minimum Gasteiger partial charge on any atom is -0.504 e. The van der Waals surface area contributed by atoms with Crippen LogP contribution in [0.4, 0.5) is 0 Å². The van der Waals surface area contributed by atoms with Crippen molar-refractivity contribution in [3.8, 4) is 11.5 Å². The van der Waals surface area contributed by atoms with E-state index in [0.29, 0.717) is 10.0 Å². The molecule has 0 atom stereocenters. The number of carboxylic acid groups (broad SMARTS) is 1. The second kappa shape index (κ2) is 3.66. The predicted molar refractivity (Wildman–Crippen MR) is 60.6 cm³/mol. The summed E-state index contributed by atoms with van der Waals surface area (Å²) >= 11 is 3.28. The first kappa shape index (κ1) is 11.3. The number of hydrogen-bond acceptors (Lipinski definition) is 3. The van der Waals surface area contributed by atoms with Crippen molar-refractivity contribution in [3.63, 3.8) is 0 Å². The Balaban J connectivity index is 2.48. The fourth-order valence-corrected chi connectivity index (χ4v) is 2.76. The molecule has 0 heterocycles. The van der Waals surface area contributed by atoms with Gasteiger partial charge in [0.05, 0.1) is 6.42 Å². The Morgan fingerprint density at radius 1 is 1.38 bits per heavy atom. The number of phenolic OH excluding ortho intramolecular Hbond substituents is 2. The van der Waals surface area contributed by atoms with Gasteiger partial charge in [0.25, 0.3) is 0 Å². The molecule has 1 saturated carbocycles.